The summed E-state index contributed by atoms with van der Waals surface area (Å²) in [7, 11) is -4.37. The third-order valence-electron chi connectivity index (χ3n) is 6.44. The Hall–Kier alpha value is -3.79. The Morgan fingerprint density at radius 1 is 0.923 bits per heavy atom. The molecule has 3 aromatic carbocycles. The maximum Gasteiger partial charge on any atom is 0.264 e. The van der Waals surface area contributed by atoms with Crippen LogP contribution in [-0.2, 0) is 26.2 Å². The number of carbonyl (C=O) groups is 2. The molecular formula is C29H33F2N3O4S. The molecule has 0 unspecified atom stereocenters. The Bertz CT molecular complexity index is 1400. The van der Waals surface area contributed by atoms with E-state index >= 15 is 0 Å². The number of nitrogens with one attached hydrogen (secondary N) is 1. The van der Waals surface area contributed by atoms with Crippen LogP contribution in [0.25, 0.3) is 0 Å². The predicted molar refractivity (Wildman–Crippen MR) is 146 cm³/mol. The summed E-state index contributed by atoms with van der Waals surface area (Å²) in [5.41, 5.74) is 1.06. The van der Waals surface area contributed by atoms with Gasteiger partial charge in [0.1, 0.15) is 24.2 Å². The molecule has 0 bridgehead atoms. The number of para-hydroxylation sites is 1. The number of hydrogen-bond acceptors (Lipinski definition) is 4. The fraction of sp³-hybridized carbons (Fsp3) is 0.310. The first-order valence-electron chi connectivity index (χ1n) is 12.6. The van der Waals surface area contributed by atoms with Crippen molar-refractivity contribution in [3.05, 3.63) is 95.6 Å². The SMILES string of the molecule is CC[C@@H](C)NC(=O)[C@@H](C)N(Cc1ccc(F)cc1)C(=O)CN(c1ccccc1F)S(=O)(=O)c1ccc(C)cc1. The van der Waals surface area contributed by atoms with Crippen molar-refractivity contribution in [2.75, 3.05) is 10.8 Å². The van der Waals surface area contributed by atoms with Gasteiger partial charge in [-0.25, -0.2) is 17.2 Å². The lowest BCUT2D eigenvalue weighted by molar-refractivity contribution is -0.139. The molecule has 1 N–H and O–H groups in total. The van der Waals surface area contributed by atoms with Crippen LogP contribution in [0.1, 0.15) is 38.3 Å². The van der Waals surface area contributed by atoms with Crippen LogP contribution in [0.15, 0.2) is 77.7 Å². The summed E-state index contributed by atoms with van der Waals surface area (Å²) in [5, 5.41) is 2.83. The number of benzene rings is 3. The molecule has 2 atom stereocenters. The average Bonchev–Trinajstić information content (AvgIpc) is 2.91. The monoisotopic (exact) mass is 557 g/mol. The molecule has 0 saturated carbocycles. The number of aryl methyl sites for hydroxylation is 1. The largest absolute Gasteiger partial charge is 0.352 e. The highest BCUT2D eigenvalue weighted by Gasteiger charge is 2.33. The molecule has 0 aromatic heterocycles. The minimum Gasteiger partial charge on any atom is -0.352 e. The molecule has 0 aliphatic carbocycles. The molecule has 0 aliphatic heterocycles. The normalized spacial score (nSPS) is 12.9. The smallest absolute Gasteiger partial charge is 0.264 e. The fourth-order valence-electron chi connectivity index (χ4n) is 3.84. The van der Waals surface area contributed by atoms with E-state index in [-0.39, 0.29) is 23.2 Å². The summed E-state index contributed by atoms with van der Waals surface area (Å²) in [5.74, 6) is -2.45. The van der Waals surface area contributed by atoms with Crippen molar-refractivity contribution in [2.24, 2.45) is 0 Å². The molecule has 0 fully saturated rings. The van der Waals surface area contributed by atoms with Gasteiger partial charge in [0.2, 0.25) is 11.8 Å². The first kappa shape index (κ1) is 29.8. The minimum atomic E-state index is -4.37. The number of sulfonamides is 1. The van der Waals surface area contributed by atoms with E-state index in [2.05, 4.69) is 5.32 Å². The van der Waals surface area contributed by atoms with Crippen molar-refractivity contribution >= 4 is 27.5 Å². The highest BCUT2D eigenvalue weighted by Crippen LogP contribution is 2.27. The van der Waals surface area contributed by atoms with Crippen LogP contribution in [-0.4, -0.2) is 43.8 Å². The van der Waals surface area contributed by atoms with Crippen LogP contribution in [0, 0.1) is 18.6 Å². The van der Waals surface area contributed by atoms with E-state index < -0.39 is 46.1 Å². The highest BCUT2D eigenvalue weighted by molar-refractivity contribution is 7.92. The highest BCUT2D eigenvalue weighted by atomic mass is 32.2. The summed E-state index contributed by atoms with van der Waals surface area (Å²) < 4.78 is 56.6. The number of rotatable bonds is 11. The molecule has 208 valence electrons. The van der Waals surface area contributed by atoms with Gasteiger partial charge in [-0.15, -0.1) is 0 Å². The van der Waals surface area contributed by atoms with Gasteiger partial charge in [-0.2, -0.15) is 0 Å². The first-order valence-corrected chi connectivity index (χ1v) is 14.1. The lowest BCUT2D eigenvalue weighted by Gasteiger charge is -2.32. The number of carbonyl (C=O) groups excluding carboxylic acids is 2. The molecule has 2 amide bonds. The van der Waals surface area contributed by atoms with Gasteiger partial charge in [-0.05, 0) is 69.2 Å². The third kappa shape index (κ3) is 7.41. The van der Waals surface area contributed by atoms with Gasteiger partial charge >= 0.3 is 0 Å². The second-order valence-electron chi connectivity index (χ2n) is 9.42. The number of nitrogens with zero attached hydrogens (tertiary/aromatic N) is 2. The summed E-state index contributed by atoms with van der Waals surface area (Å²) >= 11 is 0. The van der Waals surface area contributed by atoms with E-state index in [9.17, 15) is 26.8 Å². The molecule has 39 heavy (non-hydrogen) atoms. The zero-order valence-electron chi connectivity index (χ0n) is 22.4. The summed E-state index contributed by atoms with van der Waals surface area (Å²) in [6.07, 6.45) is 0.667. The Labute approximate surface area is 228 Å². The van der Waals surface area contributed by atoms with Crippen LogP contribution in [0.4, 0.5) is 14.5 Å². The minimum absolute atomic E-state index is 0.0934. The maximum atomic E-state index is 14.9. The number of amides is 2. The molecular weight excluding hydrogens is 524 g/mol. The molecule has 0 spiro atoms. The van der Waals surface area contributed by atoms with E-state index in [0.29, 0.717) is 16.3 Å². The first-order chi connectivity index (χ1) is 18.4. The van der Waals surface area contributed by atoms with Gasteiger partial charge in [0, 0.05) is 12.6 Å². The topological polar surface area (TPSA) is 86.8 Å². The number of anilines is 1. The second kappa shape index (κ2) is 12.8. The Morgan fingerprint density at radius 3 is 2.13 bits per heavy atom. The molecule has 0 saturated heterocycles. The number of hydrogen-bond donors (Lipinski definition) is 1. The van der Waals surface area contributed by atoms with Crippen molar-refractivity contribution in [3.63, 3.8) is 0 Å². The molecule has 3 aromatic rings. The van der Waals surface area contributed by atoms with Gasteiger partial charge in [0.05, 0.1) is 10.6 Å². The quantitative estimate of drug-likeness (QED) is 0.367. The Balaban J connectivity index is 2.03. The van der Waals surface area contributed by atoms with Crippen molar-refractivity contribution in [1.29, 1.82) is 0 Å². The molecule has 7 nitrogen and oxygen atoms in total. The van der Waals surface area contributed by atoms with E-state index in [1.165, 1.54) is 66.4 Å². The van der Waals surface area contributed by atoms with Crippen molar-refractivity contribution in [3.8, 4) is 0 Å². The van der Waals surface area contributed by atoms with Crippen LogP contribution in [0.3, 0.4) is 0 Å². The lowest BCUT2D eigenvalue weighted by atomic mass is 10.1. The van der Waals surface area contributed by atoms with Gasteiger partial charge < -0.3 is 10.2 Å². The zero-order chi connectivity index (χ0) is 28.7. The van der Waals surface area contributed by atoms with Crippen LogP contribution in [0.2, 0.25) is 0 Å². The maximum absolute atomic E-state index is 14.9. The van der Waals surface area contributed by atoms with E-state index in [1.807, 2.05) is 13.8 Å². The number of halogens is 2. The molecule has 10 heteroatoms. The second-order valence-corrected chi connectivity index (χ2v) is 11.3. The van der Waals surface area contributed by atoms with Crippen molar-refractivity contribution in [1.82, 2.24) is 10.2 Å². The Morgan fingerprint density at radius 2 is 1.54 bits per heavy atom. The molecule has 3 rings (SSSR count). The van der Waals surface area contributed by atoms with E-state index in [0.717, 1.165) is 11.6 Å². The summed E-state index contributed by atoms with van der Waals surface area (Å²) in [4.78, 5) is 27.9. The van der Waals surface area contributed by atoms with E-state index in [4.69, 9.17) is 0 Å². The van der Waals surface area contributed by atoms with E-state index in [1.54, 1.807) is 19.1 Å². The Kier molecular flexibility index (Phi) is 9.80. The fourth-order valence-corrected chi connectivity index (χ4v) is 5.26. The van der Waals surface area contributed by atoms with Crippen LogP contribution in [0.5, 0.6) is 0 Å². The average molecular weight is 558 g/mol. The van der Waals surface area contributed by atoms with Gasteiger partial charge in [0.25, 0.3) is 10.0 Å². The molecule has 0 aliphatic rings. The van der Waals surface area contributed by atoms with Crippen LogP contribution < -0.4 is 9.62 Å². The van der Waals surface area contributed by atoms with Gasteiger partial charge in [-0.3, -0.25) is 13.9 Å². The zero-order valence-corrected chi connectivity index (χ0v) is 23.2. The third-order valence-corrected chi connectivity index (χ3v) is 8.22. The summed E-state index contributed by atoms with van der Waals surface area (Å²) in [6.45, 7) is 6.20. The van der Waals surface area contributed by atoms with Crippen LogP contribution >= 0.6 is 0 Å². The summed E-state index contributed by atoms with van der Waals surface area (Å²) in [6, 6.07) is 15.5. The molecule has 0 heterocycles. The molecule has 0 radical (unpaired) electrons. The predicted octanol–water partition coefficient (Wildman–Crippen LogP) is 4.80. The standard InChI is InChI=1S/C29H33F2N3O4S/c1-5-21(3)32-29(36)22(4)33(18-23-12-14-24(30)15-13-23)28(35)19-34(27-9-7-6-8-26(27)31)39(37,38)25-16-10-20(2)11-17-25/h6-17,21-22H,5,18-19H2,1-4H3,(H,32,36)/t21-,22-/m1/s1. The van der Waals surface area contributed by atoms with Crippen molar-refractivity contribution in [2.45, 2.75) is 57.6 Å². The lowest BCUT2D eigenvalue weighted by Crippen LogP contribution is -2.52. The van der Waals surface area contributed by atoms with Gasteiger partial charge in [0.15, 0.2) is 0 Å². The van der Waals surface area contributed by atoms with Gasteiger partial charge in [-0.1, -0.05) is 48.9 Å². The van der Waals surface area contributed by atoms with Crippen molar-refractivity contribution < 1.29 is 26.8 Å².